The Kier molecular flexibility index (Phi) is 4.14. The first-order chi connectivity index (χ1) is 13.6. The van der Waals surface area contributed by atoms with Crippen LogP contribution in [0.4, 0.5) is 0 Å². The molecule has 8 heteroatoms. The zero-order valence-corrected chi connectivity index (χ0v) is 16.1. The molecule has 1 atom stereocenters. The van der Waals surface area contributed by atoms with Crippen LogP contribution in [0.25, 0.3) is 27.8 Å². The normalized spacial score (nSPS) is 17.0. The minimum absolute atomic E-state index is 0.0790. The van der Waals surface area contributed by atoms with Gasteiger partial charge in [-0.3, -0.25) is 4.79 Å². The van der Waals surface area contributed by atoms with E-state index in [0.717, 1.165) is 36.3 Å². The van der Waals surface area contributed by atoms with Crippen LogP contribution in [0.3, 0.4) is 0 Å². The van der Waals surface area contributed by atoms with Gasteiger partial charge in [-0.25, -0.2) is 4.52 Å². The van der Waals surface area contributed by atoms with Gasteiger partial charge in [-0.1, -0.05) is 23.7 Å². The molecule has 1 unspecified atom stereocenters. The van der Waals surface area contributed by atoms with Crippen molar-refractivity contribution in [3.8, 4) is 11.1 Å². The monoisotopic (exact) mass is 395 g/mol. The molecule has 1 aliphatic heterocycles. The van der Waals surface area contributed by atoms with Crippen LogP contribution < -0.4 is 5.56 Å². The van der Waals surface area contributed by atoms with Crippen molar-refractivity contribution in [2.24, 2.45) is 0 Å². The number of pyridine rings is 1. The Morgan fingerprint density at radius 3 is 2.79 bits per heavy atom. The number of hydrogen-bond donors (Lipinski definition) is 0. The fourth-order valence-corrected chi connectivity index (χ4v) is 3.92. The molecule has 0 saturated carbocycles. The molecule has 1 aromatic carbocycles. The summed E-state index contributed by atoms with van der Waals surface area (Å²) in [6, 6.07) is 9.39. The van der Waals surface area contributed by atoms with E-state index in [1.165, 1.54) is 0 Å². The van der Waals surface area contributed by atoms with Crippen molar-refractivity contribution in [1.29, 1.82) is 0 Å². The summed E-state index contributed by atoms with van der Waals surface area (Å²) in [7, 11) is 0. The molecule has 5 rings (SSSR count). The van der Waals surface area contributed by atoms with Crippen LogP contribution in [0, 0.1) is 6.92 Å². The van der Waals surface area contributed by atoms with Crippen LogP contribution in [0.15, 0.2) is 41.3 Å². The highest BCUT2D eigenvalue weighted by Crippen LogP contribution is 2.29. The van der Waals surface area contributed by atoms with Crippen molar-refractivity contribution in [2.45, 2.75) is 32.4 Å². The van der Waals surface area contributed by atoms with Gasteiger partial charge in [0, 0.05) is 17.8 Å². The lowest BCUT2D eigenvalue weighted by atomic mass is 10.1. The summed E-state index contributed by atoms with van der Waals surface area (Å²) in [6.07, 6.45) is 3.87. The minimum Gasteiger partial charge on any atom is -0.376 e. The molecule has 0 radical (unpaired) electrons. The Morgan fingerprint density at radius 1 is 1.21 bits per heavy atom. The van der Waals surface area contributed by atoms with Crippen LogP contribution >= 0.6 is 11.6 Å². The first-order valence-corrected chi connectivity index (χ1v) is 9.62. The Balaban J connectivity index is 1.66. The van der Waals surface area contributed by atoms with Crippen molar-refractivity contribution in [2.75, 3.05) is 6.61 Å². The fourth-order valence-electron chi connectivity index (χ4n) is 3.80. The third kappa shape index (κ3) is 2.78. The molecule has 1 saturated heterocycles. The summed E-state index contributed by atoms with van der Waals surface area (Å²) in [5.41, 5.74) is 4.03. The third-order valence-corrected chi connectivity index (χ3v) is 5.44. The maximum atomic E-state index is 12.9. The molecule has 1 fully saturated rings. The molecule has 0 spiro atoms. The van der Waals surface area contributed by atoms with Gasteiger partial charge in [0.2, 0.25) is 0 Å². The highest BCUT2D eigenvalue weighted by atomic mass is 35.5. The second kappa shape index (κ2) is 6.68. The number of halogens is 1. The van der Waals surface area contributed by atoms with Gasteiger partial charge in [0.25, 0.3) is 5.56 Å². The van der Waals surface area contributed by atoms with E-state index in [9.17, 15) is 4.79 Å². The second-order valence-corrected chi connectivity index (χ2v) is 7.48. The van der Waals surface area contributed by atoms with Gasteiger partial charge in [-0.15, -0.1) is 10.2 Å². The third-order valence-electron chi connectivity index (χ3n) is 5.18. The van der Waals surface area contributed by atoms with Crippen molar-refractivity contribution in [3.05, 3.63) is 57.6 Å². The maximum absolute atomic E-state index is 12.9. The highest BCUT2D eigenvalue weighted by Gasteiger charge is 2.20. The Morgan fingerprint density at radius 2 is 2.04 bits per heavy atom. The number of ether oxygens (including phenoxy) is 1. The van der Waals surface area contributed by atoms with Crippen LogP contribution in [0.1, 0.15) is 18.5 Å². The van der Waals surface area contributed by atoms with Gasteiger partial charge >= 0.3 is 0 Å². The fraction of sp³-hybridized carbons (Fsp3) is 0.300. The van der Waals surface area contributed by atoms with Gasteiger partial charge < -0.3 is 9.30 Å². The second-order valence-electron chi connectivity index (χ2n) is 7.04. The van der Waals surface area contributed by atoms with Crippen LogP contribution in [-0.2, 0) is 11.3 Å². The standard InChI is InChI=1S/C20H18ClN5O2/c1-12-17(13-4-6-14(21)7-5-13)19-23-22-18-16(26(19)24-12)8-9-25(20(18)27)11-15-3-2-10-28-15/h4-9,15H,2-3,10-11H2,1H3. The van der Waals surface area contributed by atoms with Crippen molar-refractivity contribution in [3.63, 3.8) is 0 Å². The SMILES string of the molecule is Cc1nn2c(nnc3c(=O)n(CC4CCCO4)ccc32)c1-c1ccc(Cl)cc1. The van der Waals surface area contributed by atoms with Crippen LogP contribution in [-0.4, -0.2) is 37.1 Å². The molecule has 7 nitrogen and oxygen atoms in total. The zero-order valence-electron chi connectivity index (χ0n) is 15.3. The molecule has 1 aliphatic rings. The predicted octanol–water partition coefficient (Wildman–Crippen LogP) is 3.25. The summed E-state index contributed by atoms with van der Waals surface area (Å²) in [5, 5.41) is 13.9. The summed E-state index contributed by atoms with van der Waals surface area (Å²) >= 11 is 6.01. The Hall–Kier alpha value is -2.77. The quantitative estimate of drug-likeness (QED) is 0.532. The molecule has 0 amide bonds. The van der Waals surface area contributed by atoms with E-state index in [4.69, 9.17) is 16.3 Å². The number of benzene rings is 1. The molecule has 0 N–H and O–H groups in total. The number of fused-ring (bicyclic) bond motifs is 3. The molecular weight excluding hydrogens is 378 g/mol. The van der Waals surface area contributed by atoms with E-state index in [0.29, 0.717) is 28.2 Å². The van der Waals surface area contributed by atoms with Crippen molar-refractivity contribution >= 4 is 28.3 Å². The molecule has 4 aromatic rings. The number of rotatable bonds is 3. The van der Waals surface area contributed by atoms with E-state index in [1.54, 1.807) is 15.3 Å². The van der Waals surface area contributed by atoms with Crippen LogP contribution in [0.5, 0.6) is 0 Å². The summed E-state index contributed by atoms with van der Waals surface area (Å²) < 4.78 is 8.99. The molecule has 3 aromatic heterocycles. The summed E-state index contributed by atoms with van der Waals surface area (Å²) in [6.45, 7) is 3.21. The summed E-state index contributed by atoms with van der Waals surface area (Å²) in [5.74, 6) is 0. The van der Waals surface area contributed by atoms with Gasteiger partial charge in [0.15, 0.2) is 11.2 Å². The van der Waals surface area contributed by atoms with Gasteiger partial charge in [0.1, 0.15) is 5.52 Å². The van der Waals surface area contributed by atoms with Gasteiger partial charge in [0.05, 0.1) is 23.9 Å². The zero-order chi connectivity index (χ0) is 19.3. The molecular formula is C20H18ClN5O2. The Bertz CT molecular complexity index is 1240. The van der Waals surface area contributed by atoms with Crippen molar-refractivity contribution < 1.29 is 4.74 Å². The molecule has 28 heavy (non-hydrogen) atoms. The smallest absolute Gasteiger partial charge is 0.280 e. The predicted molar refractivity (Wildman–Crippen MR) is 107 cm³/mol. The lowest BCUT2D eigenvalue weighted by Crippen LogP contribution is -2.27. The van der Waals surface area contributed by atoms with E-state index >= 15 is 0 Å². The maximum Gasteiger partial charge on any atom is 0.280 e. The van der Waals surface area contributed by atoms with Gasteiger partial charge in [-0.2, -0.15) is 5.10 Å². The van der Waals surface area contributed by atoms with E-state index in [1.807, 2.05) is 37.3 Å². The van der Waals surface area contributed by atoms with Crippen LogP contribution in [0.2, 0.25) is 5.02 Å². The lowest BCUT2D eigenvalue weighted by molar-refractivity contribution is 0.0963. The number of aromatic nitrogens is 5. The lowest BCUT2D eigenvalue weighted by Gasteiger charge is -2.12. The molecule has 0 aliphatic carbocycles. The highest BCUT2D eigenvalue weighted by molar-refractivity contribution is 6.30. The molecule has 142 valence electrons. The molecule has 4 heterocycles. The number of hydrogen-bond acceptors (Lipinski definition) is 5. The van der Waals surface area contributed by atoms with E-state index in [2.05, 4.69) is 15.3 Å². The minimum atomic E-state index is -0.177. The largest absolute Gasteiger partial charge is 0.376 e. The van der Waals surface area contributed by atoms with E-state index in [-0.39, 0.29) is 11.7 Å². The average Bonchev–Trinajstić information content (AvgIpc) is 3.32. The molecule has 0 bridgehead atoms. The first kappa shape index (κ1) is 17.3. The van der Waals surface area contributed by atoms with E-state index < -0.39 is 0 Å². The number of aryl methyl sites for hydroxylation is 1. The average molecular weight is 396 g/mol. The first-order valence-electron chi connectivity index (χ1n) is 9.24. The van der Waals surface area contributed by atoms with Gasteiger partial charge in [-0.05, 0) is 43.5 Å². The Labute approximate surface area is 165 Å². The number of nitrogens with zero attached hydrogens (tertiary/aromatic N) is 5. The summed E-state index contributed by atoms with van der Waals surface area (Å²) in [4.78, 5) is 12.9. The van der Waals surface area contributed by atoms with Crippen molar-refractivity contribution in [1.82, 2.24) is 24.4 Å². The topological polar surface area (TPSA) is 74.3 Å².